The van der Waals surface area contributed by atoms with Crippen molar-refractivity contribution in [3.8, 4) is 0 Å². The maximum atomic E-state index is 11.0. The summed E-state index contributed by atoms with van der Waals surface area (Å²) in [6, 6.07) is 2.04. The fourth-order valence-corrected chi connectivity index (χ4v) is 3.61. The Kier molecular flexibility index (Phi) is 2.66. The second-order valence-electron chi connectivity index (χ2n) is 5.96. The highest BCUT2D eigenvalue weighted by Gasteiger charge is 2.60. The Morgan fingerprint density at radius 1 is 1.35 bits per heavy atom. The van der Waals surface area contributed by atoms with E-state index in [9.17, 15) is 4.79 Å². The van der Waals surface area contributed by atoms with Gasteiger partial charge in [0, 0.05) is 31.7 Å². The number of fused-ring (bicyclic) bond motifs is 1. The van der Waals surface area contributed by atoms with Crippen molar-refractivity contribution < 1.29 is 14.6 Å². The van der Waals surface area contributed by atoms with Gasteiger partial charge in [0.05, 0.1) is 18.2 Å². The first kappa shape index (κ1) is 12.1. The fourth-order valence-electron chi connectivity index (χ4n) is 3.61. The highest BCUT2D eigenvalue weighted by Crippen LogP contribution is 2.52. The van der Waals surface area contributed by atoms with E-state index in [4.69, 9.17) is 9.84 Å². The van der Waals surface area contributed by atoms with Crippen LogP contribution in [0.5, 0.6) is 0 Å². The summed E-state index contributed by atoms with van der Waals surface area (Å²) in [5, 5.41) is 9.05. The molecular weight excluding hydrogens is 258 g/mol. The van der Waals surface area contributed by atoms with Gasteiger partial charge in [-0.2, -0.15) is 0 Å². The predicted molar refractivity (Wildman–Crippen MR) is 70.5 cm³/mol. The van der Waals surface area contributed by atoms with Crippen LogP contribution in [0.2, 0.25) is 0 Å². The standard InChI is InChI=1S/C14H17N3O3/c18-14(19)13-9-4-17(5-10(9)13)12-3-11(15-7-16-12)8-1-2-20-6-8/h3,7-10,13H,1-2,4-6H2,(H,18,19)/t8-,9-,10+,13?/m0/s1. The molecule has 1 aliphatic carbocycles. The molecule has 2 saturated heterocycles. The lowest BCUT2D eigenvalue weighted by Crippen LogP contribution is -2.27. The van der Waals surface area contributed by atoms with Crippen molar-refractivity contribution in [3.63, 3.8) is 0 Å². The summed E-state index contributed by atoms with van der Waals surface area (Å²) < 4.78 is 5.40. The largest absolute Gasteiger partial charge is 0.481 e. The number of aliphatic carboxylic acids is 1. The maximum absolute atomic E-state index is 11.0. The zero-order valence-corrected chi connectivity index (χ0v) is 11.1. The molecule has 1 aromatic rings. The zero-order chi connectivity index (χ0) is 13.7. The number of piperidine rings is 1. The minimum Gasteiger partial charge on any atom is -0.481 e. The van der Waals surface area contributed by atoms with E-state index >= 15 is 0 Å². The molecule has 3 fully saturated rings. The monoisotopic (exact) mass is 275 g/mol. The van der Waals surface area contributed by atoms with Crippen LogP contribution in [0, 0.1) is 17.8 Å². The Hall–Kier alpha value is -1.69. The number of anilines is 1. The third kappa shape index (κ3) is 1.86. The smallest absolute Gasteiger partial charge is 0.307 e. The zero-order valence-electron chi connectivity index (χ0n) is 11.1. The Bertz CT molecular complexity index is 532. The Morgan fingerprint density at radius 2 is 2.15 bits per heavy atom. The summed E-state index contributed by atoms with van der Waals surface area (Å²) in [6.07, 6.45) is 2.63. The molecule has 0 amide bonds. The molecule has 2 aliphatic heterocycles. The molecule has 0 bridgehead atoms. The van der Waals surface area contributed by atoms with Crippen LogP contribution in [0.4, 0.5) is 5.82 Å². The van der Waals surface area contributed by atoms with Crippen LogP contribution in [0.3, 0.4) is 0 Å². The summed E-state index contributed by atoms with van der Waals surface area (Å²) in [5.74, 6) is 1.14. The third-order valence-electron chi connectivity index (χ3n) is 4.82. The number of carbonyl (C=O) groups is 1. The molecule has 4 rings (SSSR count). The average molecular weight is 275 g/mol. The van der Waals surface area contributed by atoms with E-state index < -0.39 is 5.97 Å². The molecule has 6 heteroatoms. The normalized spacial score (nSPS) is 35.1. The summed E-state index contributed by atoms with van der Waals surface area (Å²) >= 11 is 0. The molecule has 3 aliphatic rings. The van der Waals surface area contributed by atoms with Crippen molar-refractivity contribution in [2.45, 2.75) is 12.3 Å². The van der Waals surface area contributed by atoms with Crippen LogP contribution in [-0.4, -0.2) is 47.3 Å². The van der Waals surface area contributed by atoms with E-state index in [1.165, 1.54) is 0 Å². The molecule has 1 N–H and O–H groups in total. The van der Waals surface area contributed by atoms with Gasteiger partial charge in [-0.3, -0.25) is 4.79 Å². The van der Waals surface area contributed by atoms with Crippen LogP contribution in [0.15, 0.2) is 12.4 Å². The van der Waals surface area contributed by atoms with E-state index in [0.717, 1.165) is 44.2 Å². The summed E-state index contributed by atoms with van der Waals surface area (Å²) in [5.41, 5.74) is 1.04. The molecule has 0 radical (unpaired) electrons. The molecular formula is C14H17N3O3. The fraction of sp³-hybridized carbons (Fsp3) is 0.643. The minimum atomic E-state index is -0.647. The highest BCUT2D eigenvalue weighted by atomic mass is 16.5. The van der Waals surface area contributed by atoms with Gasteiger partial charge in [-0.1, -0.05) is 0 Å². The van der Waals surface area contributed by atoms with Crippen molar-refractivity contribution in [1.82, 2.24) is 9.97 Å². The summed E-state index contributed by atoms with van der Waals surface area (Å²) in [6.45, 7) is 3.15. The van der Waals surface area contributed by atoms with Gasteiger partial charge in [0.2, 0.25) is 0 Å². The lowest BCUT2D eigenvalue weighted by atomic mass is 10.0. The second kappa shape index (κ2) is 4.41. The molecule has 6 nitrogen and oxygen atoms in total. The van der Waals surface area contributed by atoms with E-state index in [1.807, 2.05) is 6.07 Å². The number of ether oxygens (including phenoxy) is 1. The van der Waals surface area contributed by atoms with Crippen LogP contribution in [0.1, 0.15) is 18.0 Å². The Labute approximate surface area is 116 Å². The van der Waals surface area contributed by atoms with E-state index in [2.05, 4.69) is 14.9 Å². The van der Waals surface area contributed by atoms with Crippen LogP contribution >= 0.6 is 0 Å². The highest BCUT2D eigenvalue weighted by molar-refractivity contribution is 5.75. The number of rotatable bonds is 3. The van der Waals surface area contributed by atoms with E-state index in [-0.39, 0.29) is 5.92 Å². The van der Waals surface area contributed by atoms with Gasteiger partial charge in [-0.05, 0) is 18.3 Å². The van der Waals surface area contributed by atoms with Crippen LogP contribution < -0.4 is 4.90 Å². The molecule has 1 unspecified atom stereocenters. The van der Waals surface area contributed by atoms with Crippen molar-refractivity contribution in [1.29, 1.82) is 0 Å². The molecule has 1 saturated carbocycles. The Balaban J connectivity index is 1.48. The van der Waals surface area contributed by atoms with Crippen LogP contribution in [0.25, 0.3) is 0 Å². The van der Waals surface area contributed by atoms with Crippen molar-refractivity contribution in [2.75, 3.05) is 31.2 Å². The molecule has 1 aromatic heterocycles. The molecule has 0 aromatic carbocycles. The van der Waals surface area contributed by atoms with Crippen molar-refractivity contribution in [2.24, 2.45) is 17.8 Å². The number of aromatic nitrogens is 2. The van der Waals surface area contributed by atoms with Gasteiger partial charge in [-0.25, -0.2) is 9.97 Å². The minimum absolute atomic E-state index is 0.129. The number of hydrogen-bond donors (Lipinski definition) is 1. The first-order valence-electron chi connectivity index (χ1n) is 7.11. The number of nitrogens with zero attached hydrogens (tertiary/aromatic N) is 3. The number of carboxylic acids is 1. The SMILES string of the molecule is O=C(O)C1[C@H]2CN(c3cc([C@H]4CCOC4)ncn3)C[C@@H]12. The summed E-state index contributed by atoms with van der Waals surface area (Å²) in [7, 11) is 0. The average Bonchev–Trinajstić information content (AvgIpc) is 2.90. The number of carboxylic acid groups (broad SMARTS) is 1. The summed E-state index contributed by atoms with van der Waals surface area (Å²) in [4.78, 5) is 21.9. The predicted octanol–water partition coefficient (Wildman–Crippen LogP) is 0.747. The maximum Gasteiger partial charge on any atom is 0.307 e. The quantitative estimate of drug-likeness (QED) is 0.877. The van der Waals surface area contributed by atoms with Gasteiger partial charge in [0.1, 0.15) is 12.1 Å². The van der Waals surface area contributed by atoms with Crippen LogP contribution in [-0.2, 0) is 9.53 Å². The first-order valence-corrected chi connectivity index (χ1v) is 7.11. The van der Waals surface area contributed by atoms with E-state index in [1.54, 1.807) is 6.33 Å². The van der Waals surface area contributed by atoms with Gasteiger partial charge in [0.15, 0.2) is 0 Å². The molecule has 106 valence electrons. The van der Waals surface area contributed by atoms with Crippen molar-refractivity contribution >= 4 is 11.8 Å². The molecule has 4 atom stereocenters. The molecule has 20 heavy (non-hydrogen) atoms. The van der Waals surface area contributed by atoms with Gasteiger partial charge in [-0.15, -0.1) is 0 Å². The number of hydrogen-bond acceptors (Lipinski definition) is 5. The Morgan fingerprint density at radius 3 is 2.80 bits per heavy atom. The molecule has 0 spiro atoms. The van der Waals surface area contributed by atoms with Gasteiger partial charge >= 0.3 is 5.97 Å². The topological polar surface area (TPSA) is 75.5 Å². The van der Waals surface area contributed by atoms with Gasteiger partial charge in [0.25, 0.3) is 0 Å². The first-order chi connectivity index (χ1) is 9.74. The second-order valence-corrected chi connectivity index (χ2v) is 5.96. The molecule has 3 heterocycles. The third-order valence-corrected chi connectivity index (χ3v) is 4.82. The van der Waals surface area contributed by atoms with Gasteiger partial charge < -0.3 is 14.7 Å². The lowest BCUT2D eigenvalue weighted by Gasteiger charge is -2.21. The lowest BCUT2D eigenvalue weighted by molar-refractivity contribution is -0.139. The van der Waals surface area contributed by atoms with E-state index in [0.29, 0.717) is 17.8 Å². The van der Waals surface area contributed by atoms with Crippen molar-refractivity contribution in [3.05, 3.63) is 18.1 Å².